The van der Waals surface area contributed by atoms with E-state index in [1.807, 2.05) is 29.2 Å². The molecule has 0 aliphatic carbocycles. The summed E-state index contributed by atoms with van der Waals surface area (Å²) < 4.78 is 3.19. The fourth-order valence-electron chi connectivity index (χ4n) is 2.29. The van der Waals surface area contributed by atoms with Gasteiger partial charge in [0.1, 0.15) is 12.1 Å². The topological polar surface area (TPSA) is 46.8 Å². The first-order chi connectivity index (χ1) is 8.92. The number of nitrogens with zero attached hydrogens (tertiary/aromatic N) is 5. The zero-order valence-electron chi connectivity index (χ0n) is 9.60. The van der Waals surface area contributed by atoms with Crippen molar-refractivity contribution in [1.82, 2.24) is 19.7 Å². The Morgan fingerprint density at radius 2 is 2.22 bits per heavy atom. The van der Waals surface area contributed by atoms with Gasteiger partial charge >= 0.3 is 0 Å². The van der Waals surface area contributed by atoms with Crippen molar-refractivity contribution in [3.8, 4) is 0 Å². The molecule has 5 nitrogen and oxygen atoms in total. The monoisotopic (exact) mass is 257 g/mol. The summed E-state index contributed by atoms with van der Waals surface area (Å²) in [4.78, 5) is 11.0. The Balaban J connectivity index is 1.61. The molecule has 6 heteroatoms. The summed E-state index contributed by atoms with van der Waals surface area (Å²) in [7, 11) is 0. The van der Waals surface area contributed by atoms with Gasteiger partial charge < -0.3 is 4.90 Å². The van der Waals surface area contributed by atoms with E-state index in [2.05, 4.69) is 25.3 Å². The van der Waals surface area contributed by atoms with E-state index in [9.17, 15) is 0 Å². The minimum absolute atomic E-state index is 0.463. The highest BCUT2D eigenvalue weighted by atomic mass is 32.1. The van der Waals surface area contributed by atoms with E-state index in [0.29, 0.717) is 6.04 Å². The van der Waals surface area contributed by atoms with Crippen LogP contribution in [0.25, 0.3) is 10.2 Å². The molecule has 1 aliphatic rings. The molecule has 3 aromatic rings. The van der Waals surface area contributed by atoms with Gasteiger partial charge in [0.2, 0.25) is 0 Å². The van der Waals surface area contributed by atoms with E-state index >= 15 is 0 Å². The molecule has 1 saturated heterocycles. The van der Waals surface area contributed by atoms with Crippen molar-refractivity contribution in [1.29, 1.82) is 0 Å². The van der Waals surface area contributed by atoms with Crippen LogP contribution >= 0.6 is 11.3 Å². The Labute approximate surface area is 108 Å². The highest BCUT2D eigenvalue weighted by molar-refractivity contribution is 7.17. The van der Waals surface area contributed by atoms with E-state index in [0.717, 1.165) is 24.4 Å². The summed E-state index contributed by atoms with van der Waals surface area (Å²) in [6, 6.07) is 4.46. The molecule has 0 bridgehead atoms. The van der Waals surface area contributed by atoms with Gasteiger partial charge in [0.25, 0.3) is 0 Å². The second kappa shape index (κ2) is 3.78. The van der Waals surface area contributed by atoms with Crippen LogP contribution in [0.1, 0.15) is 6.04 Å². The van der Waals surface area contributed by atoms with Gasteiger partial charge in [-0.15, -0.1) is 11.3 Å². The molecule has 0 N–H and O–H groups in total. The summed E-state index contributed by atoms with van der Waals surface area (Å²) in [5.74, 6) is 1.05. The van der Waals surface area contributed by atoms with Crippen LogP contribution in [0.4, 0.5) is 5.82 Å². The van der Waals surface area contributed by atoms with Gasteiger partial charge in [-0.05, 0) is 17.5 Å². The second-order valence-corrected chi connectivity index (χ2v) is 5.29. The number of hydrogen-bond acceptors (Lipinski definition) is 5. The fraction of sp³-hybridized carbons (Fsp3) is 0.250. The van der Waals surface area contributed by atoms with Crippen molar-refractivity contribution in [2.75, 3.05) is 18.0 Å². The lowest BCUT2D eigenvalue weighted by Crippen LogP contribution is -2.48. The number of fused-ring (bicyclic) bond motifs is 1. The van der Waals surface area contributed by atoms with E-state index in [-0.39, 0.29) is 0 Å². The van der Waals surface area contributed by atoms with Crippen molar-refractivity contribution in [2.45, 2.75) is 6.04 Å². The van der Waals surface area contributed by atoms with Crippen LogP contribution in [-0.4, -0.2) is 32.8 Å². The van der Waals surface area contributed by atoms with E-state index in [1.54, 1.807) is 17.7 Å². The van der Waals surface area contributed by atoms with Crippen LogP contribution in [0.5, 0.6) is 0 Å². The third kappa shape index (κ3) is 1.42. The Hall–Kier alpha value is -1.95. The minimum Gasteiger partial charge on any atom is -0.351 e. The standard InChI is InChI=1S/C12H11N5S/c1-3-15-17(4-1)9-6-16(7-9)12-11-10(2-5-18-11)13-8-14-12/h1-5,8-9H,6-7H2. The maximum atomic E-state index is 4.41. The van der Waals surface area contributed by atoms with Crippen LogP contribution in [0.15, 0.2) is 36.2 Å². The molecule has 18 heavy (non-hydrogen) atoms. The molecule has 0 spiro atoms. The SMILES string of the molecule is c1cnn(C2CN(c3ncnc4ccsc34)C2)c1. The van der Waals surface area contributed by atoms with Crippen molar-refractivity contribution < 1.29 is 0 Å². The van der Waals surface area contributed by atoms with E-state index in [1.165, 1.54) is 4.70 Å². The second-order valence-electron chi connectivity index (χ2n) is 4.38. The highest BCUT2D eigenvalue weighted by Gasteiger charge is 2.30. The maximum absolute atomic E-state index is 4.41. The van der Waals surface area contributed by atoms with Crippen LogP contribution in [0, 0.1) is 0 Å². The van der Waals surface area contributed by atoms with Crippen molar-refractivity contribution >= 4 is 27.4 Å². The maximum Gasteiger partial charge on any atom is 0.150 e. The average Bonchev–Trinajstić information content (AvgIpc) is 2.97. The van der Waals surface area contributed by atoms with Crippen molar-refractivity contribution in [2.24, 2.45) is 0 Å². The van der Waals surface area contributed by atoms with Gasteiger partial charge in [0.15, 0.2) is 0 Å². The molecule has 0 aromatic carbocycles. The first-order valence-corrected chi connectivity index (χ1v) is 6.72. The molecule has 90 valence electrons. The molecule has 3 aromatic heterocycles. The van der Waals surface area contributed by atoms with Crippen LogP contribution in [0.3, 0.4) is 0 Å². The van der Waals surface area contributed by atoms with Crippen LogP contribution in [-0.2, 0) is 0 Å². The predicted octanol–water partition coefficient (Wildman–Crippen LogP) is 1.95. The summed E-state index contributed by atoms with van der Waals surface area (Å²) in [5, 5.41) is 6.34. The molecule has 4 heterocycles. The smallest absolute Gasteiger partial charge is 0.150 e. The minimum atomic E-state index is 0.463. The third-order valence-corrected chi connectivity index (χ3v) is 4.18. The number of rotatable bonds is 2. The fourth-order valence-corrected chi connectivity index (χ4v) is 3.16. The average molecular weight is 257 g/mol. The molecule has 0 unspecified atom stereocenters. The molecule has 1 aliphatic heterocycles. The number of aromatic nitrogens is 4. The molecule has 0 saturated carbocycles. The summed E-state index contributed by atoms with van der Waals surface area (Å²) in [5.41, 5.74) is 1.03. The predicted molar refractivity (Wildman–Crippen MR) is 70.9 cm³/mol. The van der Waals surface area contributed by atoms with Gasteiger partial charge in [-0.1, -0.05) is 0 Å². The molecular weight excluding hydrogens is 246 g/mol. The number of anilines is 1. The van der Waals surface area contributed by atoms with Crippen molar-refractivity contribution in [3.63, 3.8) is 0 Å². The van der Waals surface area contributed by atoms with Gasteiger partial charge in [0, 0.05) is 25.5 Å². The summed E-state index contributed by atoms with van der Waals surface area (Å²) in [6.45, 7) is 1.93. The van der Waals surface area contributed by atoms with Gasteiger partial charge in [0.05, 0.1) is 16.3 Å². The summed E-state index contributed by atoms with van der Waals surface area (Å²) in [6.07, 6.45) is 5.49. The lowest BCUT2D eigenvalue weighted by Gasteiger charge is -2.40. The largest absolute Gasteiger partial charge is 0.351 e. The van der Waals surface area contributed by atoms with Crippen LogP contribution < -0.4 is 4.90 Å². The highest BCUT2D eigenvalue weighted by Crippen LogP contribution is 2.33. The normalized spacial score (nSPS) is 16.1. The Morgan fingerprint density at radius 1 is 1.28 bits per heavy atom. The Bertz CT molecular complexity index is 669. The van der Waals surface area contributed by atoms with Gasteiger partial charge in [-0.25, -0.2) is 9.97 Å². The molecular formula is C12H11N5S. The zero-order chi connectivity index (χ0) is 11.9. The zero-order valence-corrected chi connectivity index (χ0v) is 10.4. The van der Waals surface area contributed by atoms with Gasteiger partial charge in [-0.3, -0.25) is 4.68 Å². The van der Waals surface area contributed by atoms with Crippen molar-refractivity contribution in [3.05, 3.63) is 36.2 Å². The first-order valence-electron chi connectivity index (χ1n) is 5.84. The Kier molecular flexibility index (Phi) is 2.10. The first kappa shape index (κ1) is 10.0. The van der Waals surface area contributed by atoms with E-state index < -0.39 is 0 Å². The molecule has 4 rings (SSSR count). The molecule has 0 radical (unpaired) electrons. The number of thiophene rings is 1. The lowest BCUT2D eigenvalue weighted by molar-refractivity contribution is 0.367. The molecule has 1 fully saturated rings. The Morgan fingerprint density at radius 3 is 3.06 bits per heavy atom. The quantitative estimate of drug-likeness (QED) is 0.704. The number of hydrogen-bond donors (Lipinski definition) is 0. The molecule has 0 atom stereocenters. The van der Waals surface area contributed by atoms with Crippen LogP contribution in [0.2, 0.25) is 0 Å². The van der Waals surface area contributed by atoms with E-state index in [4.69, 9.17) is 0 Å². The third-order valence-electron chi connectivity index (χ3n) is 3.29. The lowest BCUT2D eigenvalue weighted by atomic mass is 10.1. The summed E-state index contributed by atoms with van der Waals surface area (Å²) >= 11 is 1.70. The van der Waals surface area contributed by atoms with Gasteiger partial charge in [-0.2, -0.15) is 5.10 Å². The molecule has 0 amide bonds.